The Bertz CT molecular complexity index is 830. The van der Waals surface area contributed by atoms with Gasteiger partial charge in [-0.2, -0.15) is 0 Å². The zero-order chi connectivity index (χ0) is 18.6. The molecule has 5 heteroatoms. The van der Waals surface area contributed by atoms with Gasteiger partial charge in [-0.05, 0) is 47.7 Å². The lowest BCUT2D eigenvalue weighted by atomic mass is 9.93. The Hall–Kier alpha value is -2.66. The predicted molar refractivity (Wildman–Crippen MR) is 106 cm³/mol. The van der Waals surface area contributed by atoms with E-state index in [4.69, 9.17) is 4.74 Å². The SMILES string of the molecule is C=CC(=O)N1CCCc2ccccc2[C@@H]1c1ccnc(N2CCOCC2)c1. The molecule has 1 atom stereocenters. The molecular formula is C22H25N3O2. The van der Waals surface area contributed by atoms with Gasteiger partial charge in [0.05, 0.1) is 19.3 Å². The highest BCUT2D eigenvalue weighted by Gasteiger charge is 2.30. The number of carbonyl (C=O) groups excluding carboxylic acids is 1. The van der Waals surface area contributed by atoms with E-state index in [9.17, 15) is 4.79 Å². The van der Waals surface area contributed by atoms with Crippen LogP contribution in [0.25, 0.3) is 0 Å². The molecule has 1 saturated heterocycles. The molecule has 0 N–H and O–H groups in total. The Morgan fingerprint density at radius 3 is 2.81 bits per heavy atom. The van der Waals surface area contributed by atoms with Gasteiger partial charge in [-0.3, -0.25) is 4.79 Å². The van der Waals surface area contributed by atoms with Crippen molar-refractivity contribution in [3.8, 4) is 0 Å². The number of pyridine rings is 1. The van der Waals surface area contributed by atoms with Crippen LogP contribution in [0.3, 0.4) is 0 Å². The average Bonchev–Trinajstić information content (AvgIpc) is 2.93. The van der Waals surface area contributed by atoms with Crippen LogP contribution in [0.15, 0.2) is 55.3 Å². The average molecular weight is 363 g/mol. The maximum atomic E-state index is 12.7. The fraction of sp³-hybridized carbons (Fsp3) is 0.364. The quantitative estimate of drug-likeness (QED) is 0.787. The molecule has 0 spiro atoms. The summed E-state index contributed by atoms with van der Waals surface area (Å²) in [6.07, 6.45) is 5.21. The maximum Gasteiger partial charge on any atom is 0.246 e. The highest BCUT2D eigenvalue weighted by Crippen LogP contribution is 2.35. The number of nitrogens with zero attached hydrogens (tertiary/aromatic N) is 3. The molecule has 1 aromatic carbocycles. The molecule has 0 unspecified atom stereocenters. The Morgan fingerprint density at radius 1 is 1.19 bits per heavy atom. The minimum absolute atomic E-state index is 0.0264. The largest absolute Gasteiger partial charge is 0.378 e. The van der Waals surface area contributed by atoms with Crippen molar-refractivity contribution in [2.45, 2.75) is 18.9 Å². The molecule has 2 aromatic rings. The van der Waals surface area contributed by atoms with E-state index in [1.54, 1.807) is 0 Å². The van der Waals surface area contributed by atoms with E-state index in [2.05, 4.69) is 46.8 Å². The molecular weight excluding hydrogens is 338 g/mol. The van der Waals surface area contributed by atoms with E-state index in [0.717, 1.165) is 57.1 Å². The van der Waals surface area contributed by atoms with Crippen LogP contribution in [-0.4, -0.2) is 48.6 Å². The number of carbonyl (C=O) groups is 1. The van der Waals surface area contributed by atoms with Gasteiger partial charge in [0.25, 0.3) is 0 Å². The van der Waals surface area contributed by atoms with Gasteiger partial charge in [0, 0.05) is 25.8 Å². The van der Waals surface area contributed by atoms with Crippen molar-refractivity contribution in [1.29, 1.82) is 0 Å². The third-order valence-electron chi connectivity index (χ3n) is 5.38. The molecule has 4 rings (SSSR count). The van der Waals surface area contributed by atoms with Gasteiger partial charge in [-0.25, -0.2) is 4.98 Å². The molecule has 1 aromatic heterocycles. The number of aromatic nitrogens is 1. The van der Waals surface area contributed by atoms with E-state index >= 15 is 0 Å². The third kappa shape index (κ3) is 3.60. The van der Waals surface area contributed by atoms with Crippen LogP contribution < -0.4 is 4.90 Å². The monoisotopic (exact) mass is 363 g/mol. The summed E-state index contributed by atoms with van der Waals surface area (Å²) < 4.78 is 5.46. The smallest absolute Gasteiger partial charge is 0.246 e. The highest BCUT2D eigenvalue weighted by atomic mass is 16.5. The van der Waals surface area contributed by atoms with Gasteiger partial charge >= 0.3 is 0 Å². The fourth-order valence-electron chi connectivity index (χ4n) is 4.05. The summed E-state index contributed by atoms with van der Waals surface area (Å²) in [5.74, 6) is 0.921. The Labute approximate surface area is 160 Å². The zero-order valence-corrected chi connectivity index (χ0v) is 15.5. The molecule has 5 nitrogen and oxygen atoms in total. The summed E-state index contributed by atoms with van der Waals surface area (Å²) in [6, 6.07) is 12.5. The van der Waals surface area contributed by atoms with Crippen molar-refractivity contribution in [2.24, 2.45) is 0 Å². The van der Waals surface area contributed by atoms with E-state index in [1.807, 2.05) is 17.2 Å². The molecule has 27 heavy (non-hydrogen) atoms. The summed E-state index contributed by atoms with van der Waals surface area (Å²) in [4.78, 5) is 21.4. The molecule has 2 aliphatic rings. The highest BCUT2D eigenvalue weighted by molar-refractivity contribution is 5.87. The first-order chi connectivity index (χ1) is 13.3. The van der Waals surface area contributed by atoms with Crippen molar-refractivity contribution in [2.75, 3.05) is 37.7 Å². The van der Waals surface area contributed by atoms with E-state index in [0.29, 0.717) is 0 Å². The molecule has 0 saturated carbocycles. The number of benzene rings is 1. The molecule has 2 aliphatic heterocycles. The second-order valence-corrected chi connectivity index (χ2v) is 6.99. The normalized spacial score (nSPS) is 19.9. The van der Waals surface area contributed by atoms with Crippen LogP contribution in [0, 0.1) is 0 Å². The summed E-state index contributed by atoms with van der Waals surface area (Å²) in [6.45, 7) is 7.56. The van der Waals surface area contributed by atoms with E-state index in [-0.39, 0.29) is 11.9 Å². The number of hydrogen-bond donors (Lipinski definition) is 0. The lowest BCUT2D eigenvalue weighted by Gasteiger charge is -2.32. The van der Waals surface area contributed by atoms with Crippen molar-refractivity contribution < 1.29 is 9.53 Å². The van der Waals surface area contributed by atoms with Gasteiger partial charge in [0.15, 0.2) is 0 Å². The summed E-state index contributed by atoms with van der Waals surface area (Å²) in [7, 11) is 0. The number of fused-ring (bicyclic) bond motifs is 1. The van der Waals surface area contributed by atoms with Gasteiger partial charge < -0.3 is 14.5 Å². The fourth-order valence-corrected chi connectivity index (χ4v) is 4.05. The van der Waals surface area contributed by atoms with Crippen molar-refractivity contribution >= 4 is 11.7 Å². The van der Waals surface area contributed by atoms with Gasteiger partial charge in [-0.15, -0.1) is 0 Å². The third-order valence-corrected chi connectivity index (χ3v) is 5.38. The summed E-state index contributed by atoms with van der Waals surface area (Å²) in [5, 5.41) is 0. The Morgan fingerprint density at radius 2 is 2.00 bits per heavy atom. The topological polar surface area (TPSA) is 45.7 Å². The summed E-state index contributed by atoms with van der Waals surface area (Å²) >= 11 is 0. The van der Waals surface area contributed by atoms with Crippen LogP contribution >= 0.6 is 0 Å². The molecule has 1 fully saturated rings. The molecule has 0 aliphatic carbocycles. The molecule has 1 amide bonds. The van der Waals surface area contributed by atoms with Crippen LogP contribution in [0.5, 0.6) is 0 Å². The number of morpholine rings is 1. The number of hydrogen-bond acceptors (Lipinski definition) is 4. The van der Waals surface area contributed by atoms with Crippen LogP contribution in [0.1, 0.15) is 29.2 Å². The zero-order valence-electron chi connectivity index (χ0n) is 15.5. The second-order valence-electron chi connectivity index (χ2n) is 6.99. The lowest BCUT2D eigenvalue weighted by Crippen LogP contribution is -2.37. The number of amides is 1. The number of ether oxygens (including phenoxy) is 1. The first kappa shape index (κ1) is 17.7. The van der Waals surface area contributed by atoms with Crippen molar-refractivity contribution in [3.63, 3.8) is 0 Å². The molecule has 140 valence electrons. The number of rotatable bonds is 3. The second kappa shape index (κ2) is 7.92. The minimum atomic E-state index is -0.114. The number of aryl methyl sites for hydroxylation is 1. The molecule has 3 heterocycles. The first-order valence-electron chi connectivity index (χ1n) is 9.57. The van der Waals surface area contributed by atoms with E-state index < -0.39 is 0 Å². The Balaban J connectivity index is 1.78. The predicted octanol–water partition coefficient (Wildman–Crippen LogP) is 2.97. The standard InChI is InChI=1S/C22H25N3O2/c1-2-21(26)25-11-5-7-17-6-3-4-8-19(17)22(25)18-9-10-23-20(16-18)24-12-14-27-15-13-24/h2-4,6,8-10,16,22H,1,5,7,11-15H2/t22-/m0/s1. The Kier molecular flexibility index (Phi) is 5.21. The van der Waals surface area contributed by atoms with Crippen LogP contribution in [0.4, 0.5) is 5.82 Å². The lowest BCUT2D eigenvalue weighted by molar-refractivity contribution is -0.127. The number of anilines is 1. The summed E-state index contributed by atoms with van der Waals surface area (Å²) in [5.41, 5.74) is 3.60. The van der Waals surface area contributed by atoms with Gasteiger partial charge in [0.1, 0.15) is 5.82 Å². The minimum Gasteiger partial charge on any atom is -0.378 e. The van der Waals surface area contributed by atoms with Crippen molar-refractivity contribution in [3.05, 3.63) is 71.9 Å². The van der Waals surface area contributed by atoms with Crippen LogP contribution in [0.2, 0.25) is 0 Å². The van der Waals surface area contributed by atoms with E-state index in [1.165, 1.54) is 17.2 Å². The van der Waals surface area contributed by atoms with Crippen LogP contribution in [-0.2, 0) is 16.0 Å². The van der Waals surface area contributed by atoms with Crippen molar-refractivity contribution in [1.82, 2.24) is 9.88 Å². The van der Waals surface area contributed by atoms with Gasteiger partial charge in [0.2, 0.25) is 5.91 Å². The maximum absolute atomic E-state index is 12.7. The van der Waals surface area contributed by atoms with Gasteiger partial charge in [-0.1, -0.05) is 30.8 Å². The molecule has 0 radical (unpaired) electrons. The molecule has 0 bridgehead atoms. The first-order valence-corrected chi connectivity index (χ1v) is 9.57.